The predicted molar refractivity (Wildman–Crippen MR) is 47.2 cm³/mol. The molecule has 0 spiro atoms. The van der Waals surface area contributed by atoms with E-state index in [-0.39, 0.29) is 6.04 Å². The predicted octanol–water partition coefficient (Wildman–Crippen LogP) is 2.00. The molecule has 11 heavy (non-hydrogen) atoms. The molecule has 1 heteroatoms. The molecule has 0 radical (unpaired) electrons. The molecule has 0 amide bonds. The van der Waals surface area contributed by atoms with E-state index in [0.717, 1.165) is 5.92 Å². The van der Waals surface area contributed by atoms with Crippen molar-refractivity contribution in [3.63, 3.8) is 0 Å². The van der Waals surface area contributed by atoms with Gasteiger partial charge in [0.1, 0.15) is 0 Å². The van der Waals surface area contributed by atoms with Gasteiger partial charge in [-0.1, -0.05) is 17.7 Å². The summed E-state index contributed by atoms with van der Waals surface area (Å²) >= 11 is 0. The molecular formula is C10H15N. The first kappa shape index (κ1) is 7.11. The molecule has 0 unspecified atom stereocenters. The Hall–Kier alpha value is -0.560. The third-order valence-electron chi connectivity index (χ3n) is 2.55. The molecule has 0 aromatic rings. The normalized spacial score (nSPS) is 26.4. The molecule has 1 nitrogen and oxygen atoms in total. The Kier molecular flexibility index (Phi) is 1.61. The van der Waals surface area contributed by atoms with Crippen LogP contribution >= 0.6 is 0 Å². The minimum atomic E-state index is 0.228. The summed E-state index contributed by atoms with van der Waals surface area (Å²) in [5.41, 5.74) is 8.73. The Morgan fingerprint density at radius 2 is 2.27 bits per heavy atom. The number of allylic oxidation sites excluding steroid dienone is 2. The summed E-state index contributed by atoms with van der Waals surface area (Å²) in [6, 6.07) is 0.228. The topological polar surface area (TPSA) is 26.0 Å². The largest absolute Gasteiger partial charge is 0.324 e. The fourth-order valence-electron chi connectivity index (χ4n) is 1.62. The maximum atomic E-state index is 5.77. The van der Waals surface area contributed by atoms with Gasteiger partial charge in [0.05, 0.1) is 0 Å². The zero-order chi connectivity index (χ0) is 7.84. The summed E-state index contributed by atoms with van der Waals surface area (Å²) < 4.78 is 0. The first-order valence-electron chi connectivity index (χ1n) is 4.43. The van der Waals surface area contributed by atoms with E-state index in [0.29, 0.717) is 0 Å². The van der Waals surface area contributed by atoms with Gasteiger partial charge in [0, 0.05) is 6.04 Å². The van der Waals surface area contributed by atoms with Crippen LogP contribution in [0.3, 0.4) is 0 Å². The van der Waals surface area contributed by atoms with Crippen molar-refractivity contribution in [1.82, 2.24) is 0 Å². The van der Waals surface area contributed by atoms with E-state index in [4.69, 9.17) is 5.73 Å². The van der Waals surface area contributed by atoms with Gasteiger partial charge in [-0.25, -0.2) is 0 Å². The lowest BCUT2D eigenvalue weighted by molar-refractivity contribution is 0.886. The molecule has 2 aliphatic rings. The van der Waals surface area contributed by atoms with Crippen LogP contribution in [0.4, 0.5) is 0 Å². The SMILES string of the molecule is C[C@H](N)C1=CCC(C2CC2)=C1. The first-order chi connectivity index (χ1) is 5.27. The van der Waals surface area contributed by atoms with E-state index >= 15 is 0 Å². The Balaban J connectivity index is 2.04. The van der Waals surface area contributed by atoms with Gasteiger partial charge in [-0.05, 0) is 37.7 Å². The maximum Gasteiger partial charge on any atom is 0.0262 e. The highest BCUT2D eigenvalue weighted by Gasteiger charge is 2.27. The number of nitrogens with two attached hydrogens (primary N) is 1. The van der Waals surface area contributed by atoms with E-state index in [2.05, 4.69) is 19.1 Å². The van der Waals surface area contributed by atoms with Crippen molar-refractivity contribution in [2.24, 2.45) is 11.7 Å². The zero-order valence-electron chi connectivity index (χ0n) is 7.01. The minimum Gasteiger partial charge on any atom is -0.324 e. The summed E-state index contributed by atoms with van der Waals surface area (Å²) in [6.07, 6.45) is 8.57. The average Bonchev–Trinajstić information content (AvgIpc) is 2.68. The zero-order valence-corrected chi connectivity index (χ0v) is 7.01. The van der Waals surface area contributed by atoms with Gasteiger partial charge < -0.3 is 5.73 Å². The van der Waals surface area contributed by atoms with Gasteiger partial charge in [-0.2, -0.15) is 0 Å². The second-order valence-corrected chi connectivity index (χ2v) is 3.69. The van der Waals surface area contributed by atoms with Crippen molar-refractivity contribution in [3.05, 3.63) is 23.3 Å². The van der Waals surface area contributed by atoms with E-state index in [9.17, 15) is 0 Å². The molecule has 2 N–H and O–H groups in total. The van der Waals surface area contributed by atoms with Crippen LogP contribution in [-0.4, -0.2) is 6.04 Å². The third kappa shape index (κ3) is 1.38. The van der Waals surface area contributed by atoms with E-state index < -0.39 is 0 Å². The first-order valence-corrected chi connectivity index (χ1v) is 4.43. The van der Waals surface area contributed by atoms with Crippen molar-refractivity contribution in [2.45, 2.75) is 32.2 Å². The molecule has 0 aromatic heterocycles. The minimum absolute atomic E-state index is 0.228. The van der Waals surface area contributed by atoms with E-state index in [1.54, 1.807) is 5.57 Å². The van der Waals surface area contributed by atoms with Crippen LogP contribution in [-0.2, 0) is 0 Å². The Morgan fingerprint density at radius 1 is 1.55 bits per heavy atom. The smallest absolute Gasteiger partial charge is 0.0262 e. The van der Waals surface area contributed by atoms with Crippen LogP contribution in [0.15, 0.2) is 23.3 Å². The average molecular weight is 149 g/mol. The molecule has 0 heterocycles. The van der Waals surface area contributed by atoms with Crippen molar-refractivity contribution >= 4 is 0 Å². The highest BCUT2D eigenvalue weighted by Crippen LogP contribution is 2.41. The number of hydrogen-bond acceptors (Lipinski definition) is 1. The van der Waals surface area contributed by atoms with Crippen LogP contribution in [0, 0.1) is 5.92 Å². The quantitative estimate of drug-likeness (QED) is 0.638. The van der Waals surface area contributed by atoms with Gasteiger partial charge in [0.15, 0.2) is 0 Å². The molecule has 2 rings (SSSR count). The fourth-order valence-corrected chi connectivity index (χ4v) is 1.62. The summed E-state index contributed by atoms with van der Waals surface area (Å²) in [5.74, 6) is 0.919. The lowest BCUT2D eigenvalue weighted by Gasteiger charge is -2.01. The lowest BCUT2D eigenvalue weighted by atomic mass is 10.1. The van der Waals surface area contributed by atoms with Crippen LogP contribution < -0.4 is 5.73 Å². The van der Waals surface area contributed by atoms with Gasteiger partial charge in [0.2, 0.25) is 0 Å². The third-order valence-corrected chi connectivity index (χ3v) is 2.55. The van der Waals surface area contributed by atoms with Gasteiger partial charge in [-0.15, -0.1) is 0 Å². The summed E-state index contributed by atoms with van der Waals surface area (Å²) in [5, 5.41) is 0. The monoisotopic (exact) mass is 149 g/mol. The fraction of sp³-hybridized carbons (Fsp3) is 0.600. The maximum absolute atomic E-state index is 5.77. The van der Waals surface area contributed by atoms with Gasteiger partial charge in [-0.3, -0.25) is 0 Å². The standard InChI is InChI=1S/C10H15N/c1-7(11)9-4-5-10(6-9)8-2-3-8/h4,6-8H,2-3,5,11H2,1H3/t7-/m0/s1. The van der Waals surface area contributed by atoms with E-state index in [1.807, 2.05) is 0 Å². The summed E-state index contributed by atoms with van der Waals surface area (Å²) in [4.78, 5) is 0. The van der Waals surface area contributed by atoms with E-state index in [1.165, 1.54) is 24.8 Å². The van der Waals surface area contributed by atoms with Gasteiger partial charge >= 0.3 is 0 Å². The molecule has 1 atom stereocenters. The highest BCUT2D eigenvalue weighted by atomic mass is 14.6. The van der Waals surface area contributed by atoms with Crippen molar-refractivity contribution in [2.75, 3.05) is 0 Å². The van der Waals surface area contributed by atoms with Crippen molar-refractivity contribution in [1.29, 1.82) is 0 Å². The second kappa shape index (κ2) is 2.49. The molecule has 2 aliphatic carbocycles. The van der Waals surface area contributed by atoms with Crippen LogP contribution in [0.1, 0.15) is 26.2 Å². The molecule has 0 saturated heterocycles. The van der Waals surface area contributed by atoms with Crippen molar-refractivity contribution in [3.8, 4) is 0 Å². The van der Waals surface area contributed by atoms with Crippen LogP contribution in [0.5, 0.6) is 0 Å². The van der Waals surface area contributed by atoms with Gasteiger partial charge in [0.25, 0.3) is 0 Å². The molecule has 0 aliphatic heterocycles. The molecule has 0 bridgehead atoms. The van der Waals surface area contributed by atoms with Crippen LogP contribution in [0.2, 0.25) is 0 Å². The summed E-state index contributed by atoms with van der Waals surface area (Å²) in [7, 11) is 0. The Morgan fingerprint density at radius 3 is 2.73 bits per heavy atom. The molecule has 1 saturated carbocycles. The highest BCUT2D eigenvalue weighted by molar-refractivity contribution is 5.37. The second-order valence-electron chi connectivity index (χ2n) is 3.69. The summed E-state index contributed by atoms with van der Waals surface area (Å²) in [6.45, 7) is 2.05. The Bertz CT molecular complexity index is 219. The number of rotatable bonds is 2. The van der Waals surface area contributed by atoms with Crippen molar-refractivity contribution < 1.29 is 0 Å². The number of hydrogen-bond donors (Lipinski definition) is 1. The molecule has 60 valence electrons. The van der Waals surface area contributed by atoms with Crippen LogP contribution in [0.25, 0.3) is 0 Å². The molecule has 0 aromatic carbocycles. The molecular weight excluding hydrogens is 134 g/mol. The lowest BCUT2D eigenvalue weighted by Crippen LogP contribution is -2.15. The Labute approximate surface area is 68.0 Å². The molecule has 1 fully saturated rings.